The second-order valence-electron chi connectivity index (χ2n) is 11.6. The number of esters is 1. The Labute approximate surface area is 235 Å². The molecule has 0 bridgehead atoms. The van der Waals surface area contributed by atoms with Gasteiger partial charge in [0, 0.05) is 19.0 Å². The molecule has 0 saturated heterocycles. The Kier molecular flexibility index (Phi) is 9.80. The van der Waals surface area contributed by atoms with Crippen LogP contribution in [0.1, 0.15) is 81.4 Å². The molecule has 3 atom stereocenters. The average Bonchev–Trinajstić information content (AvgIpc) is 3.70. The number of hydrogen-bond donors (Lipinski definition) is 1. The van der Waals surface area contributed by atoms with Crippen LogP contribution < -0.4 is 10.2 Å². The molecule has 40 heavy (non-hydrogen) atoms. The lowest BCUT2D eigenvalue weighted by molar-refractivity contribution is -0.145. The summed E-state index contributed by atoms with van der Waals surface area (Å²) >= 11 is 0. The Morgan fingerprint density at radius 3 is 2.42 bits per heavy atom. The van der Waals surface area contributed by atoms with Gasteiger partial charge in [0.15, 0.2) is 0 Å². The molecule has 0 aromatic heterocycles. The summed E-state index contributed by atoms with van der Waals surface area (Å²) in [5.41, 5.74) is 4.26. The molecule has 2 saturated carbocycles. The third-order valence-corrected chi connectivity index (χ3v) is 8.00. The first-order chi connectivity index (χ1) is 19.0. The molecule has 0 radical (unpaired) electrons. The maximum Gasteiger partial charge on any atom is 0.389 e. The number of hydrogen-bond acceptors (Lipinski definition) is 4. The molecule has 2 aliphatic carbocycles. The first-order valence-electron chi connectivity index (χ1n) is 14.5. The van der Waals surface area contributed by atoms with Crippen LogP contribution in [0.2, 0.25) is 0 Å². The minimum Gasteiger partial charge on any atom is -0.466 e. The predicted octanol–water partition coefficient (Wildman–Crippen LogP) is 7.57. The average molecular weight is 559 g/mol. The molecule has 218 valence electrons. The highest BCUT2D eigenvalue weighted by Crippen LogP contribution is 2.50. The molecule has 4 rings (SSSR count). The van der Waals surface area contributed by atoms with Gasteiger partial charge in [-0.25, -0.2) is 0 Å². The normalized spacial score (nSPS) is 20.1. The van der Waals surface area contributed by atoms with E-state index in [0.717, 1.165) is 54.5 Å². The van der Waals surface area contributed by atoms with Gasteiger partial charge in [0.25, 0.3) is 0 Å². The lowest BCUT2D eigenvalue weighted by atomic mass is 9.92. The maximum absolute atomic E-state index is 13.3. The zero-order valence-corrected chi connectivity index (χ0v) is 23.7. The van der Waals surface area contributed by atoms with Crippen molar-refractivity contribution in [2.75, 3.05) is 23.4 Å². The topological polar surface area (TPSA) is 58.6 Å². The predicted molar refractivity (Wildman–Crippen MR) is 151 cm³/mol. The van der Waals surface area contributed by atoms with E-state index in [0.29, 0.717) is 18.7 Å². The third kappa shape index (κ3) is 8.24. The fraction of sp³-hybridized carbons (Fsp3) is 0.562. The smallest absolute Gasteiger partial charge is 0.389 e. The Morgan fingerprint density at radius 2 is 1.77 bits per heavy atom. The van der Waals surface area contributed by atoms with Gasteiger partial charge in [0.2, 0.25) is 5.91 Å². The number of rotatable bonds is 11. The highest BCUT2D eigenvalue weighted by Gasteiger charge is 2.45. The molecule has 1 amide bonds. The van der Waals surface area contributed by atoms with E-state index in [2.05, 4.69) is 10.2 Å². The van der Waals surface area contributed by atoms with Gasteiger partial charge in [-0.15, -0.1) is 0 Å². The number of carbonyl (C=O) groups is 2. The van der Waals surface area contributed by atoms with Crippen LogP contribution in [-0.4, -0.2) is 37.2 Å². The van der Waals surface area contributed by atoms with Crippen LogP contribution in [0.5, 0.6) is 0 Å². The highest BCUT2D eigenvalue weighted by atomic mass is 19.4. The molecular formula is C32H41F3N2O3. The lowest BCUT2D eigenvalue weighted by Gasteiger charge is -2.39. The Balaban J connectivity index is 1.64. The van der Waals surface area contributed by atoms with E-state index >= 15 is 0 Å². The van der Waals surface area contributed by atoms with E-state index in [4.69, 9.17) is 4.74 Å². The Hall–Kier alpha value is -3.03. The van der Waals surface area contributed by atoms with Crippen LogP contribution >= 0.6 is 0 Å². The summed E-state index contributed by atoms with van der Waals surface area (Å²) in [6, 6.07) is 13.7. The SMILES string of the molecule is CCOC(=O)C1CC1c1ccc(N(CC(C)CC(F)(F)F)C2CCCCC2)c(NC(=O)Cc2ccc(C)cc2)c1. The van der Waals surface area contributed by atoms with Crippen molar-refractivity contribution in [3.05, 3.63) is 59.2 Å². The fourth-order valence-electron chi connectivity index (χ4n) is 5.93. The number of halogens is 3. The minimum absolute atomic E-state index is 0.00753. The maximum atomic E-state index is 13.3. The summed E-state index contributed by atoms with van der Waals surface area (Å²) in [5.74, 6) is -1.20. The number of ether oxygens (including phenoxy) is 1. The van der Waals surface area contributed by atoms with Gasteiger partial charge in [0.1, 0.15) is 0 Å². The highest BCUT2D eigenvalue weighted by molar-refractivity contribution is 5.96. The number of anilines is 2. The van der Waals surface area contributed by atoms with E-state index in [-0.39, 0.29) is 42.7 Å². The summed E-state index contributed by atoms with van der Waals surface area (Å²) < 4.78 is 45.0. The van der Waals surface area contributed by atoms with Gasteiger partial charge in [-0.2, -0.15) is 13.2 Å². The van der Waals surface area contributed by atoms with Crippen molar-refractivity contribution in [2.45, 2.75) is 90.3 Å². The number of aryl methyl sites for hydroxylation is 1. The molecule has 1 N–H and O–H groups in total. The number of nitrogens with one attached hydrogen (secondary N) is 1. The van der Waals surface area contributed by atoms with Gasteiger partial charge < -0.3 is 15.0 Å². The zero-order valence-electron chi connectivity index (χ0n) is 23.7. The van der Waals surface area contributed by atoms with Crippen LogP contribution in [0.15, 0.2) is 42.5 Å². The van der Waals surface area contributed by atoms with Gasteiger partial charge >= 0.3 is 12.1 Å². The molecule has 0 aliphatic heterocycles. The quantitative estimate of drug-likeness (QED) is 0.289. The second kappa shape index (κ2) is 13.1. The van der Waals surface area contributed by atoms with E-state index in [1.807, 2.05) is 49.4 Å². The molecule has 2 aromatic carbocycles. The van der Waals surface area contributed by atoms with Crippen molar-refractivity contribution in [3.8, 4) is 0 Å². The molecule has 8 heteroatoms. The van der Waals surface area contributed by atoms with Crippen molar-refractivity contribution < 1.29 is 27.5 Å². The Morgan fingerprint density at radius 1 is 1.07 bits per heavy atom. The zero-order chi connectivity index (χ0) is 28.9. The summed E-state index contributed by atoms with van der Waals surface area (Å²) in [7, 11) is 0. The molecule has 5 nitrogen and oxygen atoms in total. The van der Waals surface area contributed by atoms with Crippen molar-refractivity contribution in [2.24, 2.45) is 11.8 Å². The fourth-order valence-corrected chi connectivity index (χ4v) is 5.93. The molecule has 2 aliphatic rings. The third-order valence-electron chi connectivity index (χ3n) is 8.00. The van der Waals surface area contributed by atoms with Crippen molar-refractivity contribution >= 4 is 23.3 Å². The van der Waals surface area contributed by atoms with Crippen molar-refractivity contribution in [3.63, 3.8) is 0 Å². The van der Waals surface area contributed by atoms with Crippen molar-refractivity contribution in [1.29, 1.82) is 0 Å². The van der Waals surface area contributed by atoms with Crippen LogP contribution in [-0.2, 0) is 20.7 Å². The van der Waals surface area contributed by atoms with Crippen LogP contribution in [0.25, 0.3) is 0 Å². The molecule has 2 aromatic rings. The van der Waals surface area contributed by atoms with Gasteiger partial charge in [0.05, 0.1) is 30.3 Å². The Bertz CT molecular complexity index is 1160. The van der Waals surface area contributed by atoms with Gasteiger partial charge in [-0.1, -0.05) is 62.1 Å². The number of amides is 1. The van der Waals surface area contributed by atoms with E-state index in [1.165, 1.54) is 0 Å². The van der Waals surface area contributed by atoms with Crippen LogP contribution in [0.4, 0.5) is 24.5 Å². The largest absolute Gasteiger partial charge is 0.466 e. The molecular weight excluding hydrogens is 517 g/mol. The summed E-state index contributed by atoms with van der Waals surface area (Å²) in [5, 5.41) is 3.09. The van der Waals surface area contributed by atoms with E-state index < -0.39 is 18.5 Å². The van der Waals surface area contributed by atoms with Crippen molar-refractivity contribution in [1.82, 2.24) is 0 Å². The molecule has 0 spiro atoms. The standard InChI is InChI=1S/C32H41F3N2O3/c1-4-40-31(39)27-18-26(27)24-14-15-29(28(17-24)36-30(38)16-23-12-10-21(2)11-13-23)37(25-8-6-5-7-9-25)20-22(3)19-32(33,34)35/h10-15,17,22,25-27H,4-9,16,18-20H2,1-3H3,(H,36,38). The van der Waals surface area contributed by atoms with Gasteiger partial charge in [-0.05, 0) is 68.2 Å². The second-order valence-corrected chi connectivity index (χ2v) is 11.6. The monoisotopic (exact) mass is 558 g/mol. The van der Waals surface area contributed by atoms with E-state index in [1.54, 1.807) is 13.8 Å². The van der Waals surface area contributed by atoms with Gasteiger partial charge in [-0.3, -0.25) is 9.59 Å². The summed E-state index contributed by atoms with van der Waals surface area (Å²) in [6.07, 6.45) is 0.786. The number of alkyl halides is 3. The molecule has 2 fully saturated rings. The van der Waals surface area contributed by atoms with Crippen LogP contribution in [0.3, 0.4) is 0 Å². The summed E-state index contributed by atoms with van der Waals surface area (Å²) in [4.78, 5) is 27.6. The lowest BCUT2D eigenvalue weighted by Crippen LogP contribution is -2.41. The first-order valence-corrected chi connectivity index (χ1v) is 14.5. The molecule has 3 unspecified atom stereocenters. The first kappa shape index (κ1) is 29.9. The van der Waals surface area contributed by atoms with Crippen LogP contribution in [0, 0.1) is 18.8 Å². The minimum atomic E-state index is -4.24. The molecule has 0 heterocycles. The number of carbonyl (C=O) groups excluding carboxylic acids is 2. The van der Waals surface area contributed by atoms with E-state index in [9.17, 15) is 22.8 Å². The number of nitrogens with zero attached hydrogens (tertiary/aromatic N) is 1. The summed E-state index contributed by atoms with van der Waals surface area (Å²) in [6.45, 7) is 5.99. The number of benzene rings is 2.